The molecule has 0 aliphatic heterocycles. The van der Waals surface area contributed by atoms with E-state index < -0.39 is 0 Å². The Hall–Kier alpha value is -1.36. The molecule has 1 fully saturated rings. The zero-order valence-electron chi connectivity index (χ0n) is 11.9. The first kappa shape index (κ1) is 14.1. The predicted molar refractivity (Wildman–Crippen MR) is 75.0 cm³/mol. The summed E-state index contributed by atoms with van der Waals surface area (Å²) in [6.45, 7) is 4.75. The number of aromatic nitrogens is 2. The van der Waals surface area contributed by atoms with Crippen LogP contribution in [0.25, 0.3) is 0 Å². The van der Waals surface area contributed by atoms with E-state index in [0.29, 0.717) is 12.2 Å². The van der Waals surface area contributed by atoms with E-state index in [9.17, 15) is 4.79 Å². The molecule has 106 valence electrons. The first-order valence-corrected chi connectivity index (χ1v) is 7.28. The van der Waals surface area contributed by atoms with Crippen LogP contribution in [0.2, 0.25) is 0 Å². The Labute approximate surface area is 114 Å². The number of hydrogen-bond donors (Lipinski definition) is 2. The van der Waals surface area contributed by atoms with Crippen LogP contribution in [0, 0.1) is 0 Å². The van der Waals surface area contributed by atoms with Crippen LogP contribution < -0.4 is 11.1 Å². The molecule has 1 amide bonds. The van der Waals surface area contributed by atoms with Gasteiger partial charge in [-0.1, -0.05) is 19.8 Å². The lowest BCUT2D eigenvalue weighted by Gasteiger charge is -2.29. The van der Waals surface area contributed by atoms with Crippen LogP contribution in [0.15, 0.2) is 6.07 Å². The minimum Gasteiger partial charge on any atom is -0.346 e. The van der Waals surface area contributed by atoms with Crippen LogP contribution in [-0.2, 0) is 13.0 Å². The maximum absolute atomic E-state index is 12.3. The van der Waals surface area contributed by atoms with Crippen molar-refractivity contribution >= 4 is 5.91 Å². The lowest BCUT2D eigenvalue weighted by atomic mass is 9.91. The van der Waals surface area contributed by atoms with E-state index in [1.54, 1.807) is 4.68 Å². The van der Waals surface area contributed by atoms with Gasteiger partial charge in [0.15, 0.2) is 0 Å². The third kappa shape index (κ3) is 3.15. The van der Waals surface area contributed by atoms with Gasteiger partial charge in [0.1, 0.15) is 5.69 Å². The highest BCUT2D eigenvalue weighted by atomic mass is 16.2. The first-order chi connectivity index (χ1) is 9.15. The smallest absolute Gasteiger partial charge is 0.269 e. The molecule has 0 radical (unpaired) electrons. The molecule has 0 bridgehead atoms. The van der Waals surface area contributed by atoms with Crippen molar-refractivity contribution in [1.29, 1.82) is 0 Å². The van der Waals surface area contributed by atoms with E-state index in [4.69, 9.17) is 5.73 Å². The van der Waals surface area contributed by atoms with Gasteiger partial charge >= 0.3 is 0 Å². The van der Waals surface area contributed by atoms with Crippen LogP contribution >= 0.6 is 0 Å². The molecule has 0 unspecified atom stereocenters. The number of nitrogens with one attached hydrogen (secondary N) is 1. The molecule has 1 saturated carbocycles. The maximum atomic E-state index is 12.3. The molecule has 2 atom stereocenters. The van der Waals surface area contributed by atoms with E-state index in [0.717, 1.165) is 31.4 Å². The fourth-order valence-electron chi connectivity index (χ4n) is 2.65. The van der Waals surface area contributed by atoms with Gasteiger partial charge in [-0.25, -0.2) is 0 Å². The van der Waals surface area contributed by atoms with Crippen LogP contribution in [0.1, 0.15) is 55.7 Å². The van der Waals surface area contributed by atoms with Crippen LogP contribution in [0.3, 0.4) is 0 Å². The molecular weight excluding hydrogens is 240 g/mol. The average molecular weight is 264 g/mol. The normalized spacial score (nSPS) is 23.3. The van der Waals surface area contributed by atoms with Gasteiger partial charge < -0.3 is 11.1 Å². The number of aryl methyl sites for hydroxylation is 2. The SMILES string of the molecule is CCc1cc(C(=O)N[C@@H]2CCCC[C@H]2N)n(CC)n1. The number of carbonyl (C=O) groups is 1. The van der Waals surface area contributed by atoms with E-state index in [-0.39, 0.29) is 18.0 Å². The molecular formula is C14H24N4O. The fourth-order valence-corrected chi connectivity index (χ4v) is 2.65. The molecule has 1 aromatic heterocycles. The number of nitrogens with zero attached hydrogens (tertiary/aromatic N) is 2. The summed E-state index contributed by atoms with van der Waals surface area (Å²) in [5.41, 5.74) is 7.68. The van der Waals surface area contributed by atoms with Crippen molar-refractivity contribution in [3.63, 3.8) is 0 Å². The predicted octanol–water partition coefficient (Wildman–Crippen LogP) is 1.47. The summed E-state index contributed by atoms with van der Waals surface area (Å²) in [6.07, 6.45) is 5.13. The summed E-state index contributed by atoms with van der Waals surface area (Å²) < 4.78 is 1.77. The Morgan fingerprint density at radius 1 is 1.47 bits per heavy atom. The number of rotatable bonds is 4. The quantitative estimate of drug-likeness (QED) is 0.865. The second-order valence-corrected chi connectivity index (χ2v) is 5.22. The van der Waals surface area contributed by atoms with Gasteiger partial charge in [-0.3, -0.25) is 9.48 Å². The van der Waals surface area contributed by atoms with Crippen LogP contribution in [-0.4, -0.2) is 27.8 Å². The largest absolute Gasteiger partial charge is 0.346 e. The summed E-state index contributed by atoms with van der Waals surface area (Å²) in [5.74, 6) is -0.0450. The highest BCUT2D eigenvalue weighted by Crippen LogP contribution is 2.17. The minimum atomic E-state index is -0.0450. The van der Waals surface area contributed by atoms with Gasteiger partial charge in [-0.2, -0.15) is 5.10 Å². The van der Waals surface area contributed by atoms with Crippen molar-refractivity contribution in [3.05, 3.63) is 17.5 Å². The molecule has 2 rings (SSSR count). The van der Waals surface area contributed by atoms with Crippen molar-refractivity contribution in [2.45, 2.75) is 64.6 Å². The van der Waals surface area contributed by atoms with Gasteiger partial charge in [-0.15, -0.1) is 0 Å². The number of amides is 1. The Morgan fingerprint density at radius 2 is 2.21 bits per heavy atom. The molecule has 5 heteroatoms. The van der Waals surface area contributed by atoms with Gasteiger partial charge in [0, 0.05) is 18.6 Å². The zero-order chi connectivity index (χ0) is 13.8. The third-order valence-corrected chi connectivity index (χ3v) is 3.86. The van der Waals surface area contributed by atoms with E-state index >= 15 is 0 Å². The molecule has 1 aliphatic carbocycles. The summed E-state index contributed by atoms with van der Waals surface area (Å²) in [6, 6.07) is 2.07. The van der Waals surface area contributed by atoms with Gasteiger partial charge in [-0.05, 0) is 32.3 Å². The standard InChI is InChI=1S/C14H24N4O/c1-3-10-9-13(18(4-2)17-10)14(19)16-12-8-6-5-7-11(12)15/h9,11-12H,3-8,15H2,1-2H3,(H,16,19)/t11-,12-/m1/s1. The van der Waals surface area contributed by atoms with Crippen LogP contribution in [0.5, 0.6) is 0 Å². The Balaban J connectivity index is 2.08. The summed E-state index contributed by atoms with van der Waals surface area (Å²) in [7, 11) is 0. The van der Waals surface area contributed by atoms with Gasteiger partial charge in [0.05, 0.1) is 5.69 Å². The fraction of sp³-hybridized carbons (Fsp3) is 0.714. The highest BCUT2D eigenvalue weighted by molar-refractivity contribution is 5.93. The lowest BCUT2D eigenvalue weighted by Crippen LogP contribution is -2.49. The average Bonchev–Trinajstić information content (AvgIpc) is 2.84. The third-order valence-electron chi connectivity index (χ3n) is 3.86. The van der Waals surface area contributed by atoms with Crippen molar-refractivity contribution < 1.29 is 4.79 Å². The van der Waals surface area contributed by atoms with Crippen molar-refractivity contribution in [2.75, 3.05) is 0 Å². The summed E-state index contributed by atoms with van der Waals surface area (Å²) in [5, 5.41) is 7.48. The van der Waals surface area contributed by atoms with Crippen molar-refractivity contribution in [3.8, 4) is 0 Å². The number of hydrogen-bond acceptors (Lipinski definition) is 3. The Kier molecular flexibility index (Phi) is 4.58. The van der Waals surface area contributed by atoms with E-state index in [2.05, 4.69) is 10.4 Å². The second kappa shape index (κ2) is 6.19. The van der Waals surface area contributed by atoms with Crippen LogP contribution in [0.4, 0.5) is 0 Å². The molecule has 1 aromatic rings. The Bertz CT molecular complexity index is 441. The molecule has 0 aromatic carbocycles. The Morgan fingerprint density at radius 3 is 2.84 bits per heavy atom. The zero-order valence-corrected chi connectivity index (χ0v) is 11.9. The molecule has 5 nitrogen and oxygen atoms in total. The second-order valence-electron chi connectivity index (χ2n) is 5.22. The van der Waals surface area contributed by atoms with E-state index in [1.165, 1.54) is 6.42 Å². The van der Waals surface area contributed by atoms with Gasteiger partial charge in [0.25, 0.3) is 5.91 Å². The number of carbonyl (C=O) groups excluding carboxylic acids is 1. The maximum Gasteiger partial charge on any atom is 0.269 e. The first-order valence-electron chi connectivity index (χ1n) is 7.28. The molecule has 1 heterocycles. The number of nitrogens with two attached hydrogens (primary N) is 1. The molecule has 19 heavy (non-hydrogen) atoms. The van der Waals surface area contributed by atoms with E-state index in [1.807, 2.05) is 19.9 Å². The molecule has 1 aliphatic rings. The topological polar surface area (TPSA) is 72.9 Å². The summed E-state index contributed by atoms with van der Waals surface area (Å²) in [4.78, 5) is 12.3. The molecule has 0 saturated heterocycles. The van der Waals surface area contributed by atoms with Crippen molar-refractivity contribution in [2.24, 2.45) is 5.73 Å². The van der Waals surface area contributed by atoms with Crippen molar-refractivity contribution in [1.82, 2.24) is 15.1 Å². The van der Waals surface area contributed by atoms with Gasteiger partial charge in [0.2, 0.25) is 0 Å². The lowest BCUT2D eigenvalue weighted by molar-refractivity contribution is 0.0910. The minimum absolute atomic E-state index is 0.0450. The molecule has 0 spiro atoms. The summed E-state index contributed by atoms with van der Waals surface area (Å²) >= 11 is 0. The monoisotopic (exact) mass is 264 g/mol. The highest BCUT2D eigenvalue weighted by Gasteiger charge is 2.25. The molecule has 3 N–H and O–H groups in total.